The van der Waals surface area contributed by atoms with Gasteiger partial charge in [-0.25, -0.2) is 0 Å². The molecule has 20 heavy (non-hydrogen) atoms. The Morgan fingerprint density at radius 3 is 2.75 bits per heavy atom. The normalized spacial score (nSPS) is 11.1. The smallest absolute Gasteiger partial charge is 0.178 e. The molecule has 0 saturated heterocycles. The topological polar surface area (TPSA) is 33.2 Å². The summed E-state index contributed by atoms with van der Waals surface area (Å²) in [6.07, 6.45) is 0. The Bertz CT molecular complexity index is 627. The fraction of sp³-hybridized carbons (Fsp3) is 0.286. The molecule has 0 radical (unpaired) electrons. The minimum absolute atomic E-state index is 0.106. The van der Waals surface area contributed by atoms with Crippen molar-refractivity contribution < 1.29 is 4.79 Å². The summed E-state index contributed by atoms with van der Waals surface area (Å²) >= 11 is 8.32. The molecule has 0 aromatic carbocycles. The van der Waals surface area contributed by atoms with Gasteiger partial charge in [0.1, 0.15) is 0 Å². The highest BCUT2D eigenvalue weighted by molar-refractivity contribution is 9.12. The molecule has 0 N–H and O–H groups in total. The van der Waals surface area contributed by atoms with Gasteiger partial charge in [0.25, 0.3) is 0 Å². The second-order valence-corrected chi connectivity index (χ2v) is 8.35. The standard InChI is InChI=1S/C14H14Br2N2OS/c1-9-4-3-5-10(17-9)7-18(2)8-12(19)11-6-13(15)20-14(11)16/h3-6H,7-8H2,1-2H3. The quantitative estimate of drug-likeness (QED) is 0.680. The molecule has 0 spiro atoms. The van der Waals surface area contributed by atoms with E-state index >= 15 is 0 Å². The molecule has 0 atom stereocenters. The highest BCUT2D eigenvalue weighted by Gasteiger charge is 2.15. The molecule has 3 nitrogen and oxygen atoms in total. The molecule has 0 amide bonds. The van der Waals surface area contributed by atoms with Crippen LogP contribution in [0.3, 0.4) is 0 Å². The van der Waals surface area contributed by atoms with E-state index in [1.54, 1.807) is 0 Å². The number of nitrogens with zero attached hydrogens (tertiary/aromatic N) is 2. The van der Waals surface area contributed by atoms with Crippen molar-refractivity contribution >= 4 is 49.0 Å². The lowest BCUT2D eigenvalue weighted by atomic mass is 10.2. The summed E-state index contributed by atoms with van der Waals surface area (Å²) in [6.45, 7) is 3.00. The number of Topliss-reactive ketones (excluding diaryl/α,β-unsaturated/α-hetero) is 1. The maximum absolute atomic E-state index is 12.2. The number of carbonyl (C=O) groups excluding carboxylic acids is 1. The van der Waals surface area contributed by atoms with Crippen molar-refractivity contribution in [1.82, 2.24) is 9.88 Å². The fourth-order valence-corrected chi connectivity index (χ4v) is 4.74. The van der Waals surface area contributed by atoms with Crippen molar-refractivity contribution in [2.75, 3.05) is 13.6 Å². The third-order valence-electron chi connectivity index (χ3n) is 2.75. The van der Waals surface area contributed by atoms with E-state index in [1.807, 2.05) is 43.1 Å². The van der Waals surface area contributed by atoms with Crippen molar-refractivity contribution in [3.05, 3.63) is 48.8 Å². The van der Waals surface area contributed by atoms with Gasteiger partial charge in [0.2, 0.25) is 0 Å². The molecule has 2 heterocycles. The van der Waals surface area contributed by atoms with Gasteiger partial charge < -0.3 is 0 Å². The summed E-state index contributed by atoms with van der Waals surface area (Å²) in [5.74, 6) is 0.106. The lowest BCUT2D eigenvalue weighted by molar-refractivity contribution is 0.0942. The monoisotopic (exact) mass is 416 g/mol. The van der Waals surface area contributed by atoms with Gasteiger partial charge in [-0.15, -0.1) is 11.3 Å². The molecule has 2 rings (SSSR count). The van der Waals surface area contributed by atoms with Gasteiger partial charge >= 0.3 is 0 Å². The van der Waals surface area contributed by atoms with Crippen molar-refractivity contribution in [1.29, 1.82) is 0 Å². The molecule has 0 bridgehead atoms. The largest absolute Gasteiger partial charge is 0.293 e. The third kappa shape index (κ3) is 4.22. The Balaban J connectivity index is 1.99. The average Bonchev–Trinajstić information content (AvgIpc) is 2.68. The predicted molar refractivity (Wildman–Crippen MR) is 89.4 cm³/mol. The molecule has 6 heteroatoms. The maximum atomic E-state index is 12.2. The fourth-order valence-electron chi connectivity index (χ4n) is 1.88. The van der Waals surface area contributed by atoms with Crippen LogP contribution in [0.25, 0.3) is 0 Å². The first-order valence-electron chi connectivity index (χ1n) is 6.05. The van der Waals surface area contributed by atoms with E-state index in [0.717, 1.165) is 24.5 Å². The van der Waals surface area contributed by atoms with Gasteiger partial charge in [0.05, 0.1) is 19.8 Å². The van der Waals surface area contributed by atoms with Crippen LogP contribution in [-0.2, 0) is 6.54 Å². The number of aryl methyl sites for hydroxylation is 1. The van der Waals surface area contributed by atoms with Gasteiger partial charge in [-0.3, -0.25) is 14.7 Å². The molecule has 0 fully saturated rings. The molecular weight excluding hydrogens is 404 g/mol. The molecule has 0 saturated carbocycles. The average molecular weight is 418 g/mol. The first-order valence-corrected chi connectivity index (χ1v) is 8.45. The number of likely N-dealkylation sites (N-methyl/N-ethyl adjacent to an activating group) is 1. The molecule has 0 aliphatic heterocycles. The van der Waals surface area contributed by atoms with Crippen molar-refractivity contribution in [2.45, 2.75) is 13.5 Å². The third-order valence-corrected chi connectivity index (χ3v) is 5.09. The number of carbonyl (C=O) groups is 1. The Kier molecular flexibility index (Phi) is 5.49. The summed E-state index contributed by atoms with van der Waals surface area (Å²) in [5, 5.41) is 0. The van der Waals surface area contributed by atoms with Crippen LogP contribution in [0.15, 0.2) is 31.8 Å². The van der Waals surface area contributed by atoms with Crippen LogP contribution in [0.4, 0.5) is 0 Å². The number of halogens is 2. The second-order valence-electron chi connectivity index (χ2n) is 4.60. The number of rotatable bonds is 5. The summed E-state index contributed by atoms with van der Waals surface area (Å²) in [4.78, 5) is 18.7. The van der Waals surface area contributed by atoms with Gasteiger partial charge in [-0.1, -0.05) is 6.07 Å². The van der Waals surface area contributed by atoms with Gasteiger partial charge in [0, 0.05) is 17.8 Å². The molecule has 0 aliphatic carbocycles. The van der Waals surface area contributed by atoms with Gasteiger partial charge in [-0.05, 0) is 64.0 Å². The summed E-state index contributed by atoms with van der Waals surface area (Å²) in [7, 11) is 1.93. The summed E-state index contributed by atoms with van der Waals surface area (Å²) < 4.78 is 1.83. The van der Waals surface area contributed by atoms with Crippen LogP contribution < -0.4 is 0 Å². The Labute approximate surface area is 139 Å². The number of thiophene rings is 1. The Hall–Kier alpha value is -0.560. The minimum atomic E-state index is 0.106. The van der Waals surface area contributed by atoms with E-state index in [4.69, 9.17) is 0 Å². The second kappa shape index (κ2) is 6.93. The van der Waals surface area contributed by atoms with Crippen LogP contribution in [0, 0.1) is 6.92 Å². The van der Waals surface area contributed by atoms with Crippen LogP contribution >= 0.6 is 43.2 Å². The summed E-state index contributed by atoms with van der Waals surface area (Å²) in [5.41, 5.74) is 2.70. The van der Waals surface area contributed by atoms with Crippen LogP contribution in [0.5, 0.6) is 0 Å². The molecule has 2 aromatic heterocycles. The maximum Gasteiger partial charge on any atom is 0.178 e. The zero-order valence-electron chi connectivity index (χ0n) is 11.2. The number of ketones is 1. The van der Waals surface area contributed by atoms with E-state index < -0.39 is 0 Å². The Morgan fingerprint density at radius 2 is 2.15 bits per heavy atom. The molecule has 0 unspecified atom stereocenters. The van der Waals surface area contributed by atoms with Crippen molar-refractivity contribution in [3.63, 3.8) is 0 Å². The number of hydrogen-bond donors (Lipinski definition) is 0. The van der Waals surface area contributed by atoms with E-state index in [2.05, 4.69) is 36.8 Å². The SMILES string of the molecule is Cc1cccc(CN(C)CC(=O)c2cc(Br)sc2Br)n1. The first kappa shape index (κ1) is 15.8. The van der Waals surface area contributed by atoms with Crippen molar-refractivity contribution in [3.8, 4) is 0 Å². The van der Waals surface area contributed by atoms with Crippen LogP contribution in [0.2, 0.25) is 0 Å². The van der Waals surface area contributed by atoms with E-state index in [1.165, 1.54) is 11.3 Å². The number of hydrogen-bond acceptors (Lipinski definition) is 4. The highest BCUT2D eigenvalue weighted by atomic mass is 79.9. The lowest BCUT2D eigenvalue weighted by Gasteiger charge is -2.15. The van der Waals surface area contributed by atoms with E-state index in [-0.39, 0.29) is 5.78 Å². The zero-order valence-corrected chi connectivity index (χ0v) is 15.2. The minimum Gasteiger partial charge on any atom is -0.293 e. The highest BCUT2D eigenvalue weighted by Crippen LogP contribution is 2.32. The molecule has 2 aromatic rings. The molecule has 0 aliphatic rings. The Morgan fingerprint density at radius 1 is 1.40 bits per heavy atom. The predicted octanol–water partition coefficient (Wildman–Crippen LogP) is 4.29. The number of pyridine rings is 1. The van der Waals surface area contributed by atoms with Gasteiger partial charge in [-0.2, -0.15) is 0 Å². The van der Waals surface area contributed by atoms with Gasteiger partial charge in [0.15, 0.2) is 5.78 Å². The first-order chi connectivity index (χ1) is 9.45. The molecular formula is C14H14Br2N2OS. The van der Waals surface area contributed by atoms with Crippen LogP contribution in [-0.4, -0.2) is 29.3 Å². The lowest BCUT2D eigenvalue weighted by Crippen LogP contribution is -2.26. The van der Waals surface area contributed by atoms with E-state index in [9.17, 15) is 4.79 Å². The number of aromatic nitrogens is 1. The molecule has 106 valence electrons. The van der Waals surface area contributed by atoms with Crippen LogP contribution in [0.1, 0.15) is 21.7 Å². The summed E-state index contributed by atoms with van der Waals surface area (Å²) in [6, 6.07) is 7.79. The van der Waals surface area contributed by atoms with Crippen molar-refractivity contribution in [2.24, 2.45) is 0 Å². The van der Waals surface area contributed by atoms with E-state index in [0.29, 0.717) is 13.1 Å². The zero-order chi connectivity index (χ0) is 14.7.